The van der Waals surface area contributed by atoms with Crippen LogP contribution in [-0.2, 0) is 21.0 Å². The first kappa shape index (κ1) is 20.7. The minimum Gasteiger partial charge on any atom is -0.464 e. The molecule has 2 heterocycles. The number of aromatic nitrogens is 2. The van der Waals surface area contributed by atoms with Crippen LogP contribution in [0.4, 0.5) is 0 Å². The van der Waals surface area contributed by atoms with Crippen molar-refractivity contribution in [2.24, 2.45) is 11.7 Å². The van der Waals surface area contributed by atoms with Crippen molar-refractivity contribution in [1.82, 2.24) is 9.55 Å². The third-order valence-corrected chi connectivity index (χ3v) is 5.30. The van der Waals surface area contributed by atoms with Gasteiger partial charge in [0, 0.05) is 17.0 Å². The average molecular weight is 415 g/mol. The second kappa shape index (κ2) is 8.54. The van der Waals surface area contributed by atoms with Gasteiger partial charge in [0.05, 0.1) is 18.2 Å². The summed E-state index contributed by atoms with van der Waals surface area (Å²) < 4.78 is 11.6. The van der Waals surface area contributed by atoms with Gasteiger partial charge in [-0.25, -0.2) is 9.78 Å². The molecule has 0 saturated carbocycles. The number of hydrogen-bond donors (Lipinski definition) is 1. The van der Waals surface area contributed by atoms with E-state index in [1.807, 2.05) is 32.0 Å². The Hall–Kier alpha value is -3.04. The van der Waals surface area contributed by atoms with Gasteiger partial charge in [0.2, 0.25) is 5.78 Å². The van der Waals surface area contributed by atoms with E-state index in [-0.39, 0.29) is 29.1 Å². The number of ether oxygens (including phenoxy) is 2. The molecule has 0 saturated heterocycles. The quantitative estimate of drug-likeness (QED) is 0.466. The molecule has 29 heavy (non-hydrogen) atoms. The van der Waals surface area contributed by atoms with Gasteiger partial charge in [-0.2, -0.15) is 0 Å². The van der Waals surface area contributed by atoms with Crippen molar-refractivity contribution in [3.05, 3.63) is 52.1 Å². The van der Waals surface area contributed by atoms with Crippen LogP contribution in [0.25, 0.3) is 10.9 Å². The third kappa shape index (κ3) is 4.20. The molecular formula is C20H21N3O5S. The highest BCUT2D eigenvalue weighted by molar-refractivity contribution is 7.12. The van der Waals surface area contributed by atoms with E-state index >= 15 is 0 Å². The van der Waals surface area contributed by atoms with Crippen LogP contribution < -0.4 is 5.73 Å². The first-order valence-electron chi connectivity index (χ1n) is 8.92. The van der Waals surface area contributed by atoms with Crippen LogP contribution in [0.5, 0.6) is 0 Å². The van der Waals surface area contributed by atoms with Crippen LogP contribution >= 0.6 is 11.3 Å². The van der Waals surface area contributed by atoms with Crippen LogP contribution in [0.15, 0.2) is 35.8 Å². The summed E-state index contributed by atoms with van der Waals surface area (Å²) in [4.78, 5) is 40.7. The van der Waals surface area contributed by atoms with Gasteiger partial charge in [0.15, 0.2) is 17.4 Å². The maximum absolute atomic E-state index is 13.0. The number of carbonyl (C=O) groups excluding carboxylic acids is 3. The second-order valence-corrected chi connectivity index (χ2v) is 7.61. The molecule has 8 nitrogen and oxygen atoms in total. The summed E-state index contributed by atoms with van der Waals surface area (Å²) in [6.07, 6.45) is 1.61. The Morgan fingerprint density at radius 2 is 1.97 bits per heavy atom. The highest BCUT2D eigenvalue weighted by Gasteiger charge is 2.23. The van der Waals surface area contributed by atoms with Crippen LogP contribution in [0.3, 0.4) is 0 Å². The number of esters is 2. The van der Waals surface area contributed by atoms with E-state index in [2.05, 4.69) is 9.72 Å². The lowest BCUT2D eigenvalue weighted by molar-refractivity contribution is -0.150. The summed E-state index contributed by atoms with van der Waals surface area (Å²) >= 11 is 1.07. The maximum Gasteiger partial charge on any atom is 0.357 e. The van der Waals surface area contributed by atoms with Crippen molar-refractivity contribution in [1.29, 1.82) is 0 Å². The Morgan fingerprint density at radius 1 is 1.24 bits per heavy atom. The molecule has 1 atom stereocenters. The number of ketones is 1. The number of fused-ring (bicyclic) bond motifs is 1. The number of rotatable bonds is 7. The molecule has 2 N–H and O–H groups in total. The van der Waals surface area contributed by atoms with Crippen molar-refractivity contribution in [2.75, 3.05) is 7.11 Å². The number of carbonyl (C=O) groups is 3. The van der Waals surface area contributed by atoms with Crippen LogP contribution in [0, 0.1) is 5.92 Å². The Labute approximate surface area is 171 Å². The Morgan fingerprint density at radius 3 is 2.66 bits per heavy atom. The third-order valence-electron chi connectivity index (χ3n) is 4.46. The minimum atomic E-state index is -0.718. The van der Waals surface area contributed by atoms with Gasteiger partial charge in [-0.05, 0) is 12.0 Å². The summed E-state index contributed by atoms with van der Waals surface area (Å²) in [6, 6.07) is 6.55. The van der Waals surface area contributed by atoms with Crippen molar-refractivity contribution in [2.45, 2.75) is 26.6 Å². The van der Waals surface area contributed by atoms with E-state index in [9.17, 15) is 14.4 Å². The number of methoxy groups -OCH3 is 1. The molecule has 0 bridgehead atoms. The molecule has 3 aromatic rings. The fraction of sp³-hybridized carbons (Fsp3) is 0.300. The number of nitrogens with two attached hydrogens (primary N) is 1. The second-order valence-electron chi connectivity index (χ2n) is 6.75. The first-order chi connectivity index (χ1) is 13.8. The van der Waals surface area contributed by atoms with Crippen LogP contribution in [-0.4, -0.2) is 40.4 Å². The predicted molar refractivity (Wildman–Crippen MR) is 108 cm³/mol. The van der Waals surface area contributed by atoms with Crippen LogP contribution in [0.2, 0.25) is 0 Å². The zero-order valence-electron chi connectivity index (χ0n) is 16.2. The average Bonchev–Trinajstić information content (AvgIpc) is 3.35. The summed E-state index contributed by atoms with van der Waals surface area (Å²) in [6.45, 7) is 3.60. The van der Waals surface area contributed by atoms with E-state index < -0.39 is 18.0 Å². The van der Waals surface area contributed by atoms with Gasteiger partial charge in [0.1, 0.15) is 6.04 Å². The van der Waals surface area contributed by atoms with Gasteiger partial charge in [0.25, 0.3) is 0 Å². The topological polar surface area (TPSA) is 114 Å². The molecule has 1 aromatic carbocycles. The highest BCUT2D eigenvalue weighted by atomic mass is 32.1. The number of para-hydroxylation sites is 1. The van der Waals surface area contributed by atoms with E-state index in [4.69, 9.17) is 10.5 Å². The molecule has 0 fully saturated rings. The molecule has 0 aliphatic heterocycles. The predicted octanol–water partition coefficient (Wildman–Crippen LogP) is 2.60. The molecule has 0 unspecified atom stereocenters. The number of thiazole rings is 1. The molecule has 0 aliphatic carbocycles. The largest absolute Gasteiger partial charge is 0.464 e. The first-order valence-corrected chi connectivity index (χ1v) is 9.80. The molecule has 3 rings (SSSR count). The molecule has 9 heteroatoms. The van der Waals surface area contributed by atoms with E-state index in [1.165, 1.54) is 12.5 Å². The molecule has 0 amide bonds. The lowest BCUT2D eigenvalue weighted by Crippen LogP contribution is -2.37. The number of nitrogens with zero attached hydrogens (tertiary/aromatic N) is 2. The number of hydrogen-bond acceptors (Lipinski definition) is 8. The molecule has 0 aliphatic rings. The monoisotopic (exact) mass is 415 g/mol. The highest BCUT2D eigenvalue weighted by Crippen LogP contribution is 2.25. The van der Waals surface area contributed by atoms with Crippen LogP contribution in [0.1, 0.15) is 39.7 Å². The molecular weight excluding hydrogens is 394 g/mol. The fourth-order valence-electron chi connectivity index (χ4n) is 2.73. The van der Waals surface area contributed by atoms with Crippen molar-refractivity contribution >= 4 is 40.0 Å². The lowest BCUT2D eigenvalue weighted by Gasteiger charge is -2.15. The van der Waals surface area contributed by atoms with E-state index in [0.717, 1.165) is 16.9 Å². The molecule has 0 spiro atoms. The van der Waals surface area contributed by atoms with Gasteiger partial charge >= 0.3 is 11.9 Å². The SMILES string of the molecule is COC(=O)c1csc(C(=O)c2cn(COC(=O)[C@@H](N)C(C)C)c3ccccc23)n1. The Kier molecular flexibility index (Phi) is 6.09. The summed E-state index contributed by atoms with van der Waals surface area (Å²) in [5.41, 5.74) is 7.03. The van der Waals surface area contributed by atoms with E-state index in [0.29, 0.717) is 10.9 Å². The molecule has 0 radical (unpaired) electrons. The fourth-order valence-corrected chi connectivity index (χ4v) is 3.47. The Balaban J connectivity index is 1.89. The summed E-state index contributed by atoms with van der Waals surface area (Å²) in [7, 11) is 1.25. The van der Waals surface area contributed by atoms with E-state index in [1.54, 1.807) is 16.8 Å². The van der Waals surface area contributed by atoms with Gasteiger partial charge < -0.3 is 19.8 Å². The smallest absolute Gasteiger partial charge is 0.357 e. The zero-order valence-corrected chi connectivity index (χ0v) is 17.1. The lowest BCUT2D eigenvalue weighted by atomic mass is 10.1. The minimum absolute atomic E-state index is 0.0463. The van der Waals surface area contributed by atoms with Crippen molar-refractivity contribution in [3.8, 4) is 0 Å². The van der Waals surface area contributed by atoms with Gasteiger partial charge in [-0.15, -0.1) is 11.3 Å². The van der Waals surface area contributed by atoms with Crippen molar-refractivity contribution < 1.29 is 23.9 Å². The molecule has 2 aromatic heterocycles. The van der Waals surface area contributed by atoms with Crippen molar-refractivity contribution in [3.63, 3.8) is 0 Å². The number of benzene rings is 1. The summed E-state index contributed by atoms with van der Waals surface area (Å²) in [5, 5.41) is 2.34. The zero-order chi connectivity index (χ0) is 21.1. The normalized spacial score (nSPS) is 12.2. The van der Waals surface area contributed by atoms with Gasteiger partial charge in [-0.3, -0.25) is 9.59 Å². The Bertz CT molecular complexity index is 1070. The maximum atomic E-state index is 13.0. The molecule has 152 valence electrons. The summed E-state index contributed by atoms with van der Waals surface area (Å²) in [5.74, 6) is -1.48. The van der Waals surface area contributed by atoms with Gasteiger partial charge in [-0.1, -0.05) is 32.0 Å². The standard InChI is InChI=1S/C20H21N3O5S/c1-11(2)16(21)20(26)28-10-23-8-13(12-6-4-5-7-15(12)23)17(24)18-22-14(9-29-18)19(25)27-3/h4-9,11,16H,10,21H2,1-3H3/t16-/m0/s1.